The quantitative estimate of drug-likeness (QED) is 0.942. The lowest BCUT2D eigenvalue weighted by molar-refractivity contribution is -0.133. The first kappa shape index (κ1) is 13.4. The van der Waals surface area contributed by atoms with Gasteiger partial charge in [0.2, 0.25) is 5.91 Å². The Labute approximate surface area is 122 Å². The molecule has 1 aromatic heterocycles. The summed E-state index contributed by atoms with van der Waals surface area (Å²) >= 11 is 0. The fraction of sp³-hybridized carbons (Fsp3) is 0.250. The van der Waals surface area contributed by atoms with Crippen LogP contribution in [0.25, 0.3) is 0 Å². The van der Waals surface area contributed by atoms with E-state index in [9.17, 15) is 9.90 Å². The summed E-state index contributed by atoms with van der Waals surface area (Å²) < 4.78 is 5.43. The summed E-state index contributed by atoms with van der Waals surface area (Å²) in [5.41, 5.74) is 1.34. The van der Waals surface area contributed by atoms with Crippen molar-refractivity contribution in [2.75, 3.05) is 0 Å². The number of rotatable bonds is 3. The van der Waals surface area contributed by atoms with E-state index in [2.05, 4.69) is 5.10 Å². The number of amides is 1. The molecular formula is C16H16N2O3. The van der Waals surface area contributed by atoms with Crippen LogP contribution in [0.5, 0.6) is 5.75 Å². The Kier molecular flexibility index (Phi) is 3.48. The van der Waals surface area contributed by atoms with Gasteiger partial charge >= 0.3 is 0 Å². The van der Waals surface area contributed by atoms with Gasteiger partial charge in [-0.05, 0) is 24.3 Å². The maximum Gasteiger partial charge on any atom is 0.243 e. The fourth-order valence-corrected chi connectivity index (χ4v) is 2.49. The summed E-state index contributed by atoms with van der Waals surface area (Å²) in [4.78, 5) is 12.1. The van der Waals surface area contributed by atoms with E-state index in [-0.39, 0.29) is 17.7 Å². The average molecular weight is 284 g/mol. The van der Waals surface area contributed by atoms with Gasteiger partial charge in [-0.1, -0.05) is 19.1 Å². The molecule has 0 aliphatic carbocycles. The maximum absolute atomic E-state index is 12.1. The highest BCUT2D eigenvalue weighted by Crippen LogP contribution is 2.35. The second kappa shape index (κ2) is 5.44. The number of hydrogen-bond donors (Lipinski definition) is 1. The van der Waals surface area contributed by atoms with Crippen molar-refractivity contribution in [3.05, 3.63) is 54.0 Å². The smallest absolute Gasteiger partial charge is 0.243 e. The van der Waals surface area contributed by atoms with Crippen LogP contribution in [-0.4, -0.2) is 21.7 Å². The number of aromatic hydroxyl groups is 1. The zero-order valence-corrected chi connectivity index (χ0v) is 11.7. The molecule has 21 heavy (non-hydrogen) atoms. The first-order valence-corrected chi connectivity index (χ1v) is 6.92. The highest BCUT2D eigenvalue weighted by molar-refractivity contribution is 6.05. The third-order valence-electron chi connectivity index (χ3n) is 3.55. The summed E-state index contributed by atoms with van der Waals surface area (Å²) in [6, 6.07) is 10.4. The molecule has 1 aliphatic rings. The highest BCUT2D eigenvalue weighted by Gasteiger charge is 2.34. The molecule has 0 fully saturated rings. The average Bonchev–Trinajstić information content (AvgIpc) is 3.15. The fourth-order valence-electron chi connectivity index (χ4n) is 2.49. The molecule has 0 spiro atoms. The Morgan fingerprint density at radius 2 is 2.19 bits per heavy atom. The minimum Gasteiger partial charge on any atom is -0.507 e. The van der Waals surface area contributed by atoms with Crippen LogP contribution in [0.4, 0.5) is 0 Å². The number of nitrogens with zero attached hydrogens (tertiary/aromatic N) is 2. The predicted octanol–water partition coefficient (Wildman–Crippen LogP) is 3.07. The number of hydrazone groups is 1. The number of phenols is 1. The molecule has 0 radical (unpaired) electrons. The van der Waals surface area contributed by atoms with Crippen molar-refractivity contribution >= 4 is 11.6 Å². The summed E-state index contributed by atoms with van der Waals surface area (Å²) in [6.45, 7) is 1.80. The van der Waals surface area contributed by atoms with Crippen LogP contribution in [-0.2, 0) is 4.79 Å². The third kappa shape index (κ3) is 2.42. The van der Waals surface area contributed by atoms with Crippen molar-refractivity contribution in [3.63, 3.8) is 0 Å². The van der Waals surface area contributed by atoms with Crippen LogP contribution >= 0.6 is 0 Å². The number of carbonyl (C=O) groups is 1. The monoisotopic (exact) mass is 284 g/mol. The molecule has 1 atom stereocenters. The number of benzene rings is 1. The van der Waals surface area contributed by atoms with Crippen molar-refractivity contribution in [1.82, 2.24) is 5.01 Å². The molecule has 0 bridgehead atoms. The second-order valence-electron chi connectivity index (χ2n) is 4.89. The van der Waals surface area contributed by atoms with Gasteiger partial charge in [0, 0.05) is 18.4 Å². The molecule has 0 saturated heterocycles. The molecular weight excluding hydrogens is 268 g/mol. The Morgan fingerprint density at radius 3 is 2.86 bits per heavy atom. The van der Waals surface area contributed by atoms with Crippen molar-refractivity contribution in [1.29, 1.82) is 0 Å². The van der Waals surface area contributed by atoms with Crippen LogP contribution in [0.1, 0.15) is 37.1 Å². The number of hydrogen-bond acceptors (Lipinski definition) is 4. The SMILES string of the molecule is CCC(=O)N1N=C(c2ccccc2O)C[C@H]1c1ccco1. The Balaban J connectivity index is 1.97. The molecule has 1 aliphatic heterocycles. The molecule has 0 saturated carbocycles. The Hall–Kier alpha value is -2.56. The van der Waals surface area contributed by atoms with Gasteiger partial charge in [-0.25, -0.2) is 5.01 Å². The molecule has 0 unspecified atom stereocenters. The zero-order valence-electron chi connectivity index (χ0n) is 11.7. The topological polar surface area (TPSA) is 66.0 Å². The van der Waals surface area contributed by atoms with Crippen LogP contribution in [0.15, 0.2) is 52.2 Å². The lowest BCUT2D eigenvalue weighted by Gasteiger charge is -2.18. The first-order valence-electron chi connectivity index (χ1n) is 6.92. The Bertz CT molecular complexity index is 677. The number of carbonyl (C=O) groups excluding carboxylic acids is 1. The molecule has 2 heterocycles. The van der Waals surface area contributed by atoms with E-state index in [1.165, 1.54) is 5.01 Å². The molecule has 3 rings (SSSR count). The van der Waals surface area contributed by atoms with E-state index in [0.717, 1.165) is 0 Å². The van der Waals surface area contributed by atoms with Gasteiger partial charge in [0.1, 0.15) is 17.6 Å². The number of para-hydroxylation sites is 1. The van der Waals surface area contributed by atoms with Gasteiger partial charge in [0.05, 0.1) is 12.0 Å². The first-order chi connectivity index (χ1) is 10.2. The minimum atomic E-state index is -0.248. The van der Waals surface area contributed by atoms with Crippen molar-refractivity contribution in [3.8, 4) is 5.75 Å². The van der Waals surface area contributed by atoms with Gasteiger partial charge in [-0.15, -0.1) is 0 Å². The van der Waals surface area contributed by atoms with Gasteiger partial charge in [0.15, 0.2) is 0 Å². The summed E-state index contributed by atoms with van der Waals surface area (Å²) in [5.74, 6) is 0.799. The summed E-state index contributed by atoms with van der Waals surface area (Å²) in [7, 11) is 0. The van der Waals surface area contributed by atoms with Gasteiger partial charge in [-0.2, -0.15) is 5.10 Å². The number of furan rings is 1. The van der Waals surface area contributed by atoms with Crippen LogP contribution in [0.3, 0.4) is 0 Å². The van der Waals surface area contributed by atoms with Crippen LogP contribution < -0.4 is 0 Å². The molecule has 1 aromatic carbocycles. The molecule has 5 nitrogen and oxygen atoms in total. The zero-order chi connectivity index (χ0) is 14.8. The molecule has 5 heteroatoms. The largest absolute Gasteiger partial charge is 0.507 e. The lowest BCUT2D eigenvalue weighted by atomic mass is 10.0. The number of phenolic OH excluding ortho intramolecular Hbond substituents is 1. The summed E-state index contributed by atoms with van der Waals surface area (Å²) in [6.07, 6.45) is 2.48. The Morgan fingerprint density at radius 1 is 1.38 bits per heavy atom. The van der Waals surface area contributed by atoms with E-state index in [4.69, 9.17) is 4.42 Å². The van der Waals surface area contributed by atoms with Crippen LogP contribution in [0.2, 0.25) is 0 Å². The van der Waals surface area contributed by atoms with Crippen molar-refractivity contribution in [2.45, 2.75) is 25.8 Å². The van der Waals surface area contributed by atoms with E-state index < -0.39 is 0 Å². The molecule has 1 N–H and O–H groups in total. The predicted molar refractivity (Wildman–Crippen MR) is 77.8 cm³/mol. The van der Waals surface area contributed by atoms with Gasteiger partial charge in [0.25, 0.3) is 0 Å². The van der Waals surface area contributed by atoms with Crippen molar-refractivity contribution in [2.24, 2.45) is 5.10 Å². The van der Waals surface area contributed by atoms with E-state index in [0.29, 0.717) is 29.9 Å². The highest BCUT2D eigenvalue weighted by atomic mass is 16.3. The van der Waals surface area contributed by atoms with Gasteiger partial charge < -0.3 is 9.52 Å². The van der Waals surface area contributed by atoms with E-state index in [1.807, 2.05) is 12.1 Å². The lowest BCUT2D eigenvalue weighted by Crippen LogP contribution is -2.25. The van der Waals surface area contributed by atoms with E-state index in [1.54, 1.807) is 37.5 Å². The summed E-state index contributed by atoms with van der Waals surface area (Å²) in [5, 5.41) is 15.8. The third-order valence-corrected chi connectivity index (χ3v) is 3.55. The van der Waals surface area contributed by atoms with E-state index >= 15 is 0 Å². The minimum absolute atomic E-state index is 0.0678. The van der Waals surface area contributed by atoms with Crippen LogP contribution in [0, 0.1) is 0 Å². The normalized spacial score (nSPS) is 17.9. The van der Waals surface area contributed by atoms with Crippen molar-refractivity contribution < 1.29 is 14.3 Å². The molecule has 1 amide bonds. The molecule has 108 valence electrons. The molecule has 2 aromatic rings. The second-order valence-corrected chi connectivity index (χ2v) is 4.89. The van der Waals surface area contributed by atoms with Gasteiger partial charge in [-0.3, -0.25) is 4.79 Å². The maximum atomic E-state index is 12.1. The standard InChI is InChI=1S/C16H16N2O3/c1-2-16(20)18-13(15-8-5-9-21-15)10-12(17-18)11-6-3-4-7-14(11)19/h3-9,13,19H,2,10H2,1H3/t13-/m0/s1.